The van der Waals surface area contributed by atoms with E-state index in [1.165, 1.54) is 4.90 Å². The van der Waals surface area contributed by atoms with Crippen molar-refractivity contribution in [2.45, 2.75) is 19.8 Å². The number of anilines is 1. The molecule has 0 aliphatic heterocycles. The van der Waals surface area contributed by atoms with E-state index in [1.54, 1.807) is 43.4 Å². The molecule has 5 nitrogen and oxygen atoms in total. The molecular formula is C26H27BrN2O3. The third-order valence-corrected chi connectivity index (χ3v) is 5.62. The van der Waals surface area contributed by atoms with E-state index in [0.717, 1.165) is 22.9 Å². The first-order chi connectivity index (χ1) is 15.5. The van der Waals surface area contributed by atoms with E-state index in [-0.39, 0.29) is 11.8 Å². The van der Waals surface area contributed by atoms with Crippen LogP contribution >= 0.6 is 15.9 Å². The molecule has 3 aromatic rings. The van der Waals surface area contributed by atoms with E-state index >= 15 is 0 Å². The highest BCUT2D eigenvalue weighted by atomic mass is 79.9. The topological polar surface area (TPSA) is 58.6 Å². The lowest BCUT2D eigenvalue weighted by Gasteiger charge is -2.21. The van der Waals surface area contributed by atoms with E-state index in [4.69, 9.17) is 4.74 Å². The summed E-state index contributed by atoms with van der Waals surface area (Å²) in [5.74, 6) is 0.280. The lowest BCUT2D eigenvalue weighted by Crippen LogP contribution is -2.31. The average molecular weight is 495 g/mol. The number of ether oxygens (including phenoxy) is 1. The van der Waals surface area contributed by atoms with Crippen LogP contribution in [0.1, 0.15) is 39.6 Å². The minimum absolute atomic E-state index is 0.208. The summed E-state index contributed by atoms with van der Waals surface area (Å²) in [5.41, 5.74) is 2.67. The number of amides is 2. The van der Waals surface area contributed by atoms with Crippen molar-refractivity contribution in [2.24, 2.45) is 0 Å². The number of nitrogens with zero attached hydrogens (tertiary/aromatic N) is 1. The van der Waals surface area contributed by atoms with Crippen molar-refractivity contribution in [1.29, 1.82) is 0 Å². The number of rotatable bonds is 9. The second-order valence-corrected chi connectivity index (χ2v) is 8.22. The molecule has 32 heavy (non-hydrogen) atoms. The summed E-state index contributed by atoms with van der Waals surface area (Å²) in [5, 5.41) is 2.96. The number of benzene rings is 3. The minimum Gasteiger partial charge on any atom is -0.492 e. The van der Waals surface area contributed by atoms with Gasteiger partial charge in [-0.2, -0.15) is 0 Å². The number of carbonyl (C=O) groups excluding carboxylic acids is 2. The van der Waals surface area contributed by atoms with Crippen molar-refractivity contribution in [3.8, 4) is 5.75 Å². The molecule has 6 heteroatoms. The van der Waals surface area contributed by atoms with E-state index in [9.17, 15) is 9.59 Å². The SMILES string of the molecule is CCCOc1ccc(C(=O)N(C)c2ccccc2C(=O)NCCc2ccccc2)cc1Br. The lowest BCUT2D eigenvalue weighted by molar-refractivity contribution is 0.0954. The van der Waals surface area contributed by atoms with Crippen LogP contribution in [-0.2, 0) is 6.42 Å². The van der Waals surface area contributed by atoms with E-state index < -0.39 is 0 Å². The fourth-order valence-electron chi connectivity index (χ4n) is 3.28. The molecule has 0 aromatic heterocycles. The van der Waals surface area contributed by atoms with Crippen LogP contribution in [-0.4, -0.2) is 32.0 Å². The van der Waals surface area contributed by atoms with Crippen LogP contribution in [0.4, 0.5) is 5.69 Å². The number of para-hydroxylation sites is 1. The zero-order chi connectivity index (χ0) is 22.9. The molecule has 3 aromatic carbocycles. The number of nitrogens with one attached hydrogen (secondary N) is 1. The van der Waals surface area contributed by atoms with Gasteiger partial charge in [0.25, 0.3) is 11.8 Å². The molecule has 0 unspecified atom stereocenters. The molecule has 166 valence electrons. The van der Waals surface area contributed by atoms with Gasteiger partial charge in [0.05, 0.1) is 22.3 Å². The van der Waals surface area contributed by atoms with Crippen LogP contribution in [0.2, 0.25) is 0 Å². The third-order valence-electron chi connectivity index (χ3n) is 5.00. The van der Waals surface area contributed by atoms with Crippen LogP contribution in [0.5, 0.6) is 5.75 Å². The highest BCUT2D eigenvalue weighted by molar-refractivity contribution is 9.10. The van der Waals surface area contributed by atoms with Crippen LogP contribution < -0.4 is 15.0 Å². The normalized spacial score (nSPS) is 10.5. The Morgan fingerprint density at radius 1 is 1.00 bits per heavy atom. The fourth-order valence-corrected chi connectivity index (χ4v) is 3.78. The zero-order valence-electron chi connectivity index (χ0n) is 18.3. The first kappa shape index (κ1) is 23.5. The first-order valence-electron chi connectivity index (χ1n) is 10.6. The van der Waals surface area contributed by atoms with Gasteiger partial charge in [-0.25, -0.2) is 0 Å². The lowest BCUT2D eigenvalue weighted by atomic mass is 10.1. The summed E-state index contributed by atoms with van der Waals surface area (Å²) < 4.78 is 6.38. The van der Waals surface area contributed by atoms with Gasteiger partial charge in [-0.05, 0) is 64.7 Å². The molecule has 1 N–H and O–H groups in total. The van der Waals surface area contributed by atoms with Crippen LogP contribution in [0, 0.1) is 0 Å². The first-order valence-corrected chi connectivity index (χ1v) is 11.4. The smallest absolute Gasteiger partial charge is 0.258 e. The maximum Gasteiger partial charge on any atom is 0.258 e. The maximum atomic E-state index is 13.1. The molecular weight excluding hydrogens is 468 g/mol. The van der Waals surface area contributed by atoms with Gasteiger partial charge in [0.1, 0.15) is 5.75 Å². The molecule has 0 atom stereocenters. The molecule has 0 heterocycles. The van der Waals surface area contributed by atoms with Gasteiger partial charge < -0.3 is 15.0 Å². The second-order valence-electron chi connectivity index (χ2n) is 7.37. The van der Waals surface area contributed by atoms with Crippen LogP contribution in [0.25, 0.3) is 0 Å². The maximum absolute atomic E-state index is 13.1. The minimum atomic E-state index is -0.211. The molecule has 0 spiro atoms. The zero-order valence-corrected chi connectivity index (χ0v) is 19.9. The van der Waals surface area contributed by atoms with Crippen molar-refractivity contribution in [3.05, 3.63) is 94.0 Å². The van der Waals surface area contributed by atoms with E-state index in [1.807, 2.05) is 43.3 Å². The van der Waals surface area contributed by atoms with Crippen molar-refractivity contribution in [1.82, 2.24) is 5.32 Å². The van der Waals surface area contributed by atoms with Crippen molar-refractivity contribution >= 4 is 33.4 Å². The van der Waals surface area contributed by atoms with Gasteiger partial charge >= 0.3 is 0 Å². The summed E-state index contributed by atoms with van der Waals surface area (Å²) >= 11 is 3.48. The third kappa shape index (κ3) is 5.98. The van der Waals surface area contributed by atoms with Gasteiger partial charge in [-0.3, -0.25) is 9.59 Å². The molecule has 0 aliphatic rings. The Morgan fingerprint density at radius 3 is 2.44 bits per heavy atom. The molecule has 0 radical (unpaired) electrons. The monoisotopic (exact) mass is 494 g/mol. The fraction of sp³-hybridized carbons (Fsp3) is 0.231. The van der Waals surface area contributed by atoms with Gasteiger partial charge in [-0.15, -0.1) is 0 Å². The predicted molar refractivity (Wildman–Crippen MR) is 132 cm³/mol. The second kappa shape index (κ2) is 11.5. The van der Waals surface area contributed by atoms with E-state index in [0.29, 0.717) is 35.7 Å². The summed E-state index contributed by atoms with van der Waals surface area (Å²) in [7, 11) is 1.67. The Labute approximate surface area is 197 Å². The van der Waals surface area contributed by atoms with Crippen molar-refractivity contribution < 1.29 is 14.3 Å². The van der Waals surface area contributed by atoms with Crippen LogP contribution in [0.3, 0.4) is 0 Å². The number of halogens is 1. The highest BCUT2D eigenvalue weighted by Crippen LogP contribution is 2.28. The quantitative estimate of drug-likeness (QED) is 0.427. The standard InChI is InChI=1S/C26H27BrN2O3/c1-3-17-32-24-14-13-20(18-22(24)27)26(31)29(2)23-12-8-7-11-21(23)25(30)28-16-15-19-9-5-4-6-10-19/h4-14,18H,3,15-17H2,1-2H3,(H,28,30). The average Bonchev–Trinajstić information content (AvgIpc) is 2.83. The van der Waals surface area contributed by atoms with Gasteiger partial charge in [0.15, 0.2) is 0 Å². The van der Waals surface area contributed by atoms with Gasteiger partial charge in [-0.1, -0.05) is 49.4 Å². The molecule has 2 amide bonds. The van der Waals surface area contributed by atoms with Crippen LogP contribution in [0.15, 0.2) is 77.3 Å². The molecule has 0 fully saturated rings. The Morgan fingerprint density at radius 2 is 1.72 bits per heavy atom. The Hall–Kier alpha value is -3.12. The molecule has 0 bridgehead atoms. The summed E-state index contributed by atoms with van der Waals surface area (Å²) in [6, 6.07) is 22.4. The summed E-state index contributed by atoms with van der Waals surface area (Å²) in [6.07, 6.45) is 1.64. The highest BCUT2D eigenvalue weighted by Gasteiger charge is 2.20. The Kier molecular flexibility index (Phi) is 8.45. The summed E-state index contributed by atoms with van der Waals surface area (Å²) in [4.78, 5) is 27.5. The number of hydrogen-bond donors (Lipinski definition) is 1. The number of carbonyl (C=O) groups is 2. The summed E-state index contributed by atoms with van der Waals surface area (Å²) in [6.45, 7) is 3.16. The molecule has 3 rings (SSSR count). The predicted octanol–water partition coefficient (Wildman–Crippen LogP) is 5.49. The van der Waals surface area contributed by atoms with Crippen molar-refractivity contribution in [3.63, 3.8) is 0 Å². The Bertz CT molecular complexity index is 1070. The van der Waals surface area contributed by atoms with Gasteiger partial charge in [0, 0.05) is 19.2 Å². The Balaban J connectivity index is 1.71. The largest absolute Gasteiger partial charge is 0.492 e. The molecule has 0 saturated heterocycles. The molecule has 0 aliphatic carbocycles. The molecule has 0 saturated carbocycles. The van der Waals surface area contributed by atoms with Gasteiger partial charge in [0.2, 0.25) is 0 Å². The van der Waals surface area contributed by atoms with E-state index in [2.05, 4.69) is 21.2 Å². The van der Waals surface area contributed by atoms with Crippen molar-refractivity contribution in [2.75, 3.05) is 25.1 Å². The number of hydrogen-bond acceptors (Lipinski definition) is 3.